The van der Waals surface area contributed by atoms with E-state index >= 15 is 0 Å². The number of ether oxygens (including phenoxy) is 1. The molecule has 5 heteroatoms. The lowest BCUT2D eigenvalue weighted by molar-refractivity contribution is 0.0373. The lowest BCUT2D eigenvalue weighted by Gasteiger charge is -2.26. The summed E-state index contributed by atoms with van der Waals surface area (Å²) >= 11 is 0. The van der Waals surface area contributed by atoms with Gasteiger partial charge in [0.05, 0.1) is 18.8 Å². The molecule has 0 radical (unpaired) electrons. The summed E-state index contributed by atoms with van der Waals surface area (Å²) in [6.45, 7) is 7.72. The predicted octanol–water partition coefficient (Wildman–Crippen LogP) is 1.79. The molecule has 1 aliphatic heterocycles. The normalized spacial score (nSPS) is 15.8. The molecule has 0 spiro atoms. The van der Waals surface area contributed by atoms with Crippen molar-refractivity contribution in [2.75, 3.05) is 44.7 Å². The van der Waals surface area contributed by atoms with Crippen LogP contribution in [0.25, 0.3) is 0 Å². The lowest BCUT2D eigenvalue weighted by Crippen LogP contribution is -2.36. The molecule has 1 aliphatic rings. The van der Waals surface area contributed by atoms with Gasteiger partial charge in [0.2, 0.25) is 0 Å². The molecular formula is C15H22N4O. The van der Waals surface area contributed by atoms with Crippen molar-refractivity contribution in [2.45, 2.75) is 19.8 Å². The van der Waals surface area contributed by atoms with E-state index in [2.05, 4.69) is 21.3 Å². The van der Waals surface area contributed by atoms with Gasteiger partial charge in [-0.05, 0) is 38.4 Å². The summed E-state index contributed by atoms with van der Waals surface area (Å²) in [5.41, 5.74) is 1.54. The van der Waals surface area contributed by atoms with E-state index in [1.807, 2.05) is 19.1 Å². The number of nitrogens with zero attached hydrogens (tertiary/aromatic N) is 3. The molecule has 108 valence electrons. The highest BCUT2D eigenvalue weighted by Crippen LogP contribution is 2.12. The molecular weight excluding hydrogens is 252 g/mol. The van der Waals surface area contributed by atoms with Crippen molar-refractivity contribution >= 4 is 5.82 Å². The number of hydrogen-bond acceptors (Lipinski definition) is 5. The van der Waals surface area contributed by atoms with E-state index in [1.54, 1.807) is 0 Å². The highest BCUT2D eigenvalue weighted by atomic mass is 16.5. The Morgan fingerprint density at radius 2 is 2.15 bits per heavy atom. The highest BCUT2D eigenvalue weighted by Gasteiger charge is 2.09. The minimum absolute atomic E-state index is 0.615. The van der Waals surface area contributed by atoms with E-state index in [9.17, 15) is 0 Å². The molecule has 2 heterocycles. The molecule has 0 unspecified atom stereocenters. The average molecular weight is 274 g/mol. The number of aromatic nitrogens is 1. The molecule has 0 amide bonds. The molecule has 0 aromatic carbocycles. The van der Waals surface area contributed by atoms with E-state index in [1.165, 1.54) is 0 Å². The number of rotatable bonds is 6. The van der Waals surface area contributed by atoms with E-state index in [0.29, 0.717) is 11.4 Å². The second-order valence-electron chi connectivity index (χ2n) is 5.05. The Bertz CT molecular complexity index is 463. The molecule has 0 aliphatic carbocycles. The van der Waals surface area contributed by atoms with E-state index < -0.39 is 0 Å². The van der Waals surface area contributed by atoms with Gasteiger partial charge in [0, 0.05) is 25.3 Å². The maximum Gasteiger partial charge on any atom is 0.144 e. The fraction of sp³-hybridized carbons (Fsp3) is 0.600. The third-order valence-corrected chi connectivity index (χ3v) is 3.45. The first kappa shape index (κ1) is 14.8. The van der Waals surface area contributed by atoms with Crippen molar-refractivity contribution in [1.82, 2.24) is 9.88 Å². The van der Waals surface area contributed by atoms with Crippen molar-refractivity contribution in [3.63, 3.8) is 0 Å². The van der Waals surface area contributed by atoms with Crippen LogP contribution in [0.3, 0.4) is 0 Å². The number of morpholine rings is 1. The van der Waals surface area contributed by atoms with Crippen LogP contribution in [0.1, 0.15) is 24.1 Å². The van der Waals surface area contributed by atoms with Crippen LogP contribution in [-0.2, 0) is 4.74 Å². The Hall–Kier alpha value is -1.64. The van der Waals surface area contributed by atoms with Gasteiger partial charge in [-0.3, -0.25) is 4.90 Å². The zero-order valence-corrected chi connectivity index (χ0v) is 12.1. The number of nitrogens with one attached hydrogen (secondary N) is 1. The zero-order chi connectivity index (χ0) is 14.2. The summed E-state index contributed by atoms with van der Waals surface area (Å²) in [4.78, 5) is 6.81. The summed E-state index contributed by atoms with van der Waals surface area (Å²) in [6, 6.07) is 5.85. The standard InChI is InChI=1S/C15H22N4O/c1-13-4-5-14(12-16)15(18-13)17-6-2-3-7-19-8-10-20-11-9-19/h4-5H,2-3,6-11H2,1H3,(H,17,18). The van der Waals surface area contributed by atoms with E-state index in [-0.39, 0.29) is 0 Å². The van der Waals surface area contributed by atoms with Crippen molar-refractivity contribution in [3.05, 3.63) is 23.4 Å². The molecule has 1 saturated heterocycles. The molecule has 0 saturated carbocycles. The Morgan fingerprint density at radius 3 is 2.90 bits per heavy atom. The minimum atomic E-state index is 0.615. The first-order valence-corrected chi connectivity index (χ1v) is 7.21. The summed E-state index contributed by atoms with van der Waals surface area (Å²) in [7, 11) is 0. The Morgan fingerprint density at radius 1 is 1.35 bits per heavy atom. The van der Waals surface area contributed by atoms with Gasteiger partial charge >= 0.3 is 0 Å². The Kier molecular flexibility index (Phi) is 5.78. The minimum Gasteiger partial charge on any atom is -0.379 e. The van der Waals surface area contributed by atoms with Crippen molar-refractivity contribution in [3.8, 4) is 6.07 Å². The van der Waals surface area contributed by atoms with Gasteiger partial charge in [0.25, 0.3) is 0 Å². The number of pyridine rings is 1. The molecule has 1 fully saturated rings. The molecule has 0 atom stereocenters. The zero-order valence-electron chi connectivity index (χ0n) is 12.1. The summed E-state index contributed by atoms with van der Waals surface area (Å²) in [5.74, 6) is 0.707. The van der Waals surface area contributed by atoms with Gasteiger partial charge in [-0.15, -0.1) is 0 Å². The van der Waals surface area contributed by atoms with Gasteiger partial charge < -0.3 is 10.1 Å². The van der Waals surface area contributed by atoms with Gasteiger partial charge in [-0.25, -0.2) is 4.98 Å². The van der Waals surface area contributed by atoms with Gasteiger partial charge in [-0.1, -0.05) is 0 Å². The fourth-order valence-electron chi connectivity index (χ4n) is 2.27. The van der Waals surface area contributed by atoms with Gasteiger partial charge in [0.1, 0.15) is 11.9 Å². The third kappa shape index (κ3) is 4.48. The van der Waals surface area contributed by atoms with Crippen LogP contribution >= 0.6 is 0 Å². The first-order chi connectivity index (χ1) is 9.79. The van der Waals surface area contributed by atoms with E-state index in [0.717, 1.165) is 57.9 Å². The first-order valence-electron chi connectivity index (χ1n) is 7.21. The van der Waals surface area contributed by atoms with Crippen LogP contribution in [0.15, 0.2) is 12.1 Å². The van der Waals surface area contributed by atoms with Crippen LogP contribution in [0, 0.1) is 18.3 Å². The monoisotopic (exact) mass is 274 g/mol. The quantitative estimate of drug-likeness (QED) is 0.801. The number of aryl methyl sites for hydroxylation is 1. The van der Waals surface area contributed by atoms with Crippen molar-refractivity contribution in [2.24, 2.45) is 0 Å². The van der Waals surface area contributed by atoms with Crippen LogP contribution in [0.4, 0.5) is 5.82 Å². The molecule has 1 aromatic rings. The summed E-state index contributed by atoms with van der Waals surface area (Å²) in [5, 5.41) is 12.3. The van der Waals surface area contributed by atoms with Crippen LogP contribution < -0.4 is 5.32 Å². The average Bonchev–Trinajstić information content (AvgIpc) is 2.48. The maximum absolute atomic E-state index is 9.03. The summed E-state index contributed by atoms with van der Waals surface area (Å²) in [6.07, 6.45) is 2.23. The van der Waals surface area contributed by atoms with Crippen molar-refractivity contribution in [1.29, 1.82) is 5.26 Å². The largest absolute Gasteiger partial charge is 0.379 e. The highest BCUT2D eigenvalue weighted by molar-refractivity contribution is 5.52. The third-order valence-electron chi connectivity index (χ3n) is 3.45. The van der Waals surface area contributed by atoms with Crippen LogP contribution in [-0.4, -0.2) is 49.3 Å². The number of nitriles is 1. The topological polar surface area (TPSA) is 61.2 Å². The van der Waals surface area contributed by atoms with Gasteiger partial charge in [0.15, 0.2) is 0 Å². The Labute approximate surface area is 120 Å². The lowest BCUT2D eigenvalue weighted by atomic mass is 10.2. The van der Waals surface area contributed by atoms with Crippen molar-refractivity contribution < 1.29 is 4.74 Å². The van der Waals surface area contributed by atoms with Crippen LogP contribution in [0.2, 0.25) is 0 Å². The maximum atomic E-state index is 9.03. The predicted molar refractivity (Wildman–Crippen MR) is 78.7 cm³/mol. The van der Waals surface area contributed by atoms with Crippen LogP contribution in [0.5, 0.6) is 0 Å². The number of hydrogen-bond donors (Lipinski definition) is 1. The molecule has 2 rings (SSSR count). The second kappa shape index (κ2) is 7.83. The SMILES string of the molecule is Cc1ccc(C#N)c(NCCCCN2CCOCC2)n1. The summed E-state index contributed by atoms with van der Waals surface area (Å²) < 4.78 is 5.33. The van der Waals surface area contributed by atoms with E-state index in [4.69, 9.17) is 10.00 Å². The number of anilines is 1. The molecule has 20 heavy (non-hydrogen) atoms. The molecule has 1 aromatic heterocycles. The molecule has 5 nitrogen and oxygen atoms in total. The Balaban J connectivity index is 1.68. The molecule has 1 N–H and O–H groups in total. The fourth-order valence-corrected chi connectivity index (χ4v) is 2.27. The smallest absolute Gasteiger partial charge is 0.144 e. The number of unbranched alkanes of at least 4 members (excludes halogenated alkanes) is 1. The van der Waals surface area contributed by atoms with Gasteiger partial charge in [-0.2, -0.15) is 5.26 Å². The molecule has 0 bridgehead atoms. The second-order valence-corrected chi connectivity index (χ2v) is 5.05.